The van der Waals surface area contributed by atoms with Crippen molar-refractivity contribution in [2.75, 3.05) is 18.5 Å². The van der Waals surface area contributed by atoms with Crippen LogP contribution >= 0.6 is 11.6 Å². The molecule has 0 heterocycles. The first-order valence-electron chi connectivity index (χ1n) is 6.73. The molecule has 0 radical (unpaired) electrons. The fourth-order valence-corrected chi connectivity index (χ4v) is 2.92. The van der Waals surface area contributed by atoms with Gasteiger partial charge in [-0.05, 0) is 31.0 Å². The molecule has 0 saturated heterocycles. The molecule has 1 aromatic carbocycles. The second kappa shape index (κ2) is 6.27. The molecule has 0 bridgehead atoms. The molecule has 1 fully saturated rings. The van der Waals surface area contributed by atoms with E-state index in [2.05, 4.69) is 5.32 Å². The third-order valence-corrected chi connectivity index (χ3v) is 4.32. The number of hydrogen-bond donors (Lipinski definition) is 2. The van der Waals surface area contributed by atoms with Crippen molar-refractivity contribution in [2.45, 2.75) is 32.1 Å². The lowest BCUT2D eigenvalue weighted by Gasteiger charge is -2.36. The van der Waals surface area contributed by atoms with Crippen LogP contribution in [0.5, 0.6) is 0 Å². The van der Waals surface area contributed by atoms with Crippen LogP contribution < -0.4 is 5.32 Å². The van der Waals surface area contributed by atoms with E-state index in [9.17, 15) is 5.11 Å². The normalized spacial score (nSPS) is 17.7. The van der Waals surface area contributed by atoms with Gasteiger partial charge < -0.3 is 10.4 Å². The van der Waals surface area contributed by atoms with Gasteiger partial charge in [-0.1, -0.05) is 30.9 Å². The van der Waals surface area contributed by atoms with E-state index >= 15 is 0 Å². The lowest BCUT2D eigenvalue weighted by atomic mass is 9.74. The Kier molecular flexibility index (Phi) is 4.68. The summed E-state index contributed by atoms with van der Waals surface area (Å²) in [6.07, 6.45) is 5.79. The van der Waals surface area contributed by atoms with Gasteiger partial charge in [-0.2, -0.15) is 5.26 Å². The fraction of sp³-hybridized carbons (Fsp3) is 0.533. The van der Waals surface area contributed by atoms with E-state index in [-0.39, 0.29) is 12.0 Å². The number of hydrogen-bond acceptors (Lipinski definition) is 3. The Morgan fingerprint density at radius 1 is 1.32 bits per heavy atom. The highest BCUT2D eigenvalue weighted by molar-refractivity contribution is 6.32. The quantitative estimate of drug-likeness (QED) is 0.885. The minimum Gasteiger partial charge on any atom is -0.396 e. The lowest BCUT2D eigenvalue weighted by Crippen LogP contribution is -2.35. The maximum absolute atomic E-state index is 9.65. The van der Waals surface area contributed by atoms with Crippen molar-refractivity contribution in [3.8, 4) is 6.07 Å². The molecule has 2 rings (SSSR count). The predicted octanol–water partition coefficient (Wildman–Crippen LogP) is 3.57. The number of aliphatic hydroxyl groups excluding tert-OH is 1. The largest absolute Gasteiger partial charge is 0.396 e. The molecular formula is C15H19ClN2O. The van der Waals surface area contributed by atoms with Crippen LogP contribution in [0.25, 0.3) is 0 Å². The van der Waals surface area contributed by atoms with Crippen LogP contribution in [0, 0.1) is 16.7 Å². The summed E-state index contributed by atoms with van der Waals surface area (Å²) in [4.78, 5) is 0. The van der Waals surface area contributed by atoms with Gasteiger partial charge in [0.2, 0.25) is 0 Å². The Morgan fingerprint density at radius 2 is 2.05 bits per heavy atom. The van der Waals surface area contributed by atoms with E-state index < -0.39 is 0 Å². The monoisotopic (exact) mass is 278 g/mol. The van der Waals surface area contributed by atoms with Crippen molar-refractivity contribution < 1.29 is 5.11 Å². The highest BCUT2D eigenvalue weighted by Gasteiger charge is 2.31. The maximum atomic E-state index is 9.65. The van der Waals surface area contributed by atoms with Crippen molar-refractivity contribution in [1.29, 1.82) is 5.26 Å². The van der Waals surface area contributed by atoms with Crippen molar-refractivity contribution in [1.82, 2.24) is 0 Å². The first-order valence-corrected chi connectivity index (χ1v) is 7.11. The van der Waals surface area contributed by atoms with Gasteiger partial charge in [-0.15, -0.1) is 0 Å². The van der Waals surface area contributed by atoms with Crippen LogP contribution in [0.2, 0.25) is 5.02 Å². The van der Waals surface area contributed by atoms with Crippen LogP contribution in [0.4, 0.5) is 5.69 Å². The first kappa shape index (κ1) is 14.2. The molecule has 1 aliphatic carbocycles. The number of benzene rings is 1. The Bertz CT molecular complexity index is 476. The summed E-state index contributed by atoms with van der Waals surface area (Å²) < 4.78 is 0. The molecule has 19 heavy (non-hydrogen) atoms. The van der Waals surface area contributed by atoms with Crippen LogP contribution in [-0.2, 0) is 0 Å². The molecule has 0 atom stereocenters. The summed E-state index contributed by atoms with van der Waals surface area (Å²) >= 11 is 6.01. The summed E-state index contributed by atoms with van der Waals surface area (Å²) in [7, 11) is 0. The third kappa shape index (κ3) is 3.40. The Hall–Kier alpha value is -1.24. The number of halogens is 1. The zero-order valence-corrected chi connectivity index (χ0v) is 11.7. The molecule has 3 nitrogen and oxygen atoms in total. The zero-order valence-electron chi connectivity index (χ0n) is 11.0. The Morgan fingerprint density at radius 3 is 2.63 bits per heavy atom. The number of nitrogens with one attached hydrogen (secondary N) is 1. The second-order valence-corrected chi connectivity index (χ2v) is 5.79. The second-order valence-electron chi connectivity index (χ2n) is 5.38. The SMILES string of the molecule is N#Cc1ccc(NCC2(CO)CCCCC2)cc1Cl. The minimum atomic E-state index is -0.00136. The number of rotatable bonds is 4. The van der Waals surface area contributed by atoms with E-state index in [4.69, 9.17) is 16.9 Å². The molecule has 0 amide bonds. The third-order valence-electron chi connectivity index (χ3n) is 4.01. The Balaban J connectivity index is 2.01. The molecular weight excluding hydrogens is 260 g/mol. The highest BCUT2D eigenvalue weighted by atomic mass is 35.5. The van der Waals surface area contributed by atoms with E-state index in [1.807, 2.05) is 12.1 Å². The zero-order chi connectivity index (χ0) is 13.7. The predicted molar refractivity (Wildman–Crippen MR) is 77.3 cm³/mol. The van der Waals surface area contributed by atoms with Gasteiger partial charge in [0.15, 0.2) is 0 Å². The van der Waals surface area contributed by atoms with Crippen molar-refractivity contribution in [2.24, 2.45) is 5.41 Å². The molecule has 0 aliphatic heterocycles. The van der Waals surface area contributed by atoms with Gasteiger partial charge in [0.1, 0.15) is 6.07 Å². The summed E-state index contributed by atoms with van der Waals surface area (Å²) in [5.74, 6) is 0. The number of aliphatic hydroxyl groups is 1. The molecule has 1 aliphatic rings. The van der Waals surface area contributed by atoms with E-state index in [1.54, 1.807) is 12.1 Å². The summed E-state index contributed by atoms with van der Waals surface area (Å²) in [5.41, 5.74) is 1.39. The Labute approximate surface area is 119 Å². The molecule has 1 aromatic rings. The van der Waals surface area contributed by atoms with Gasteiger partial charge >= 0.3 is 0 Å². The maximum Gasteiger partial charge on any atom is 0.101 e. The summed E-state index contributed by atoms with van der Waals surface area (Å²) in [5, 5.41) is 22.3. The molecule has 2 N–H and O–H groups in total. The number of anilines is 1. The van der Waals surface area contributed by atoms with Gasteiger partial charge in [0, 0.05) is 17.6 Å². The van der Waals surface area contributed by atoms with Crippen LogP contribution in [0.3, 0.4) is 0 Å². The smallest absolute Gasteiger partial charge is 0.101 e. The molecule has 4 heteroatoms. The van der Waals surface area contributed by atoms with Gasteiger partial charge in [0.05, 0.1) is 17.2 Å². The van der Waals surface area contributed by atoms with Crippen LogP contribution in [-0.4, -0.2) is 18.3 Å². The van der Waals surface area contributed by atoms with Crippen LogP contribution in [0.15, 0.2) is 18.2 Å². The standard InChI is InChI=1S/C15H19ClN2O/c16-14-8-13(5-4-12(14)9-17)18-10-15(11-19)6-2-1-3-7-15/h4-5,8,18-19H,1-3,6-7,10-11H2. The van der Waals surface area contributed by atoms with E-state index in [1.165, 1.54) is 19.3 Å². The van der Waals surface area contributed by atoms with E-state index in [0.717, 1.165) is 25.1 Å². The molecule has 1 saturated carbocycles. The van der Waals surface area contributed by atoms with Crippen LogP contribution in [0.1, 0.15) is 37.7 Å². The molecule has 102 valence electrons. The van der Waals surface area contributed by atoms with Crippen molar-refractivity contribution in [3.05, 3.63) is 28.8 Å². The van der Waals surface area contributed by atoms with Gasteiger partial charge in [-0.3, -0.25) is 0 Å². The lowest BCUT2D eigenvalue weighted by molar-refractivity contribution is 0.0944. The molecule has 0 unspecified atom stereocenters. The van der Waals surface area contributed by atoms with Gasteiger partial charge in [-0.25, -0.2) is 0 Å². The van der Waals surface area contributed by atoms with E-state index in [0.29, 0.717) is 10.6 Å². The number of nitrogens with zero attached hydrogens (tertiary/aromatic N) is 1. The average molecular weight is 279 g/mol. The molecule has 0 spiro atoms. The topological polar surface area (TPSA) is 56.0 Å². The van der Waals surface area contributed by atoms with Crippen molar-refractivity contribution >= 4 is 17.3 Å². The highest BCUT2D eigenvalue weighted by Crippen LogP contribution is 2.36. The van der Waals surface area contributed by atoms with Crippen molar-refractivity contribution in [3.63, 3.8) is 0 Å². The fourth-order valence-electron chi connectivity index (χ4n) is 2.70. The summed E-state index contributed by atoms with van der Waals surface area (Å²) in [6, 6.07) is 7.40. The summed E-state index contributed by atoms with van der Waals surface area (Å²) in [6.45, 7) is 0.982. The number of nitriles is 1. The molecule has 0 aromatic heterocycles. The van der Waals surface area contributed by atoms with Gasteiger partial charge in [0.25, 0.3) is 0 Å². The average Bonchev–Trinajstić information content (AvgIpc) is 2.46. The minimum absolute atomic E-state index is 0.00136. The first-order chi connectivity index (χ1) is 9.19.